The van der Waals surface area contributed by atoms with Gasteiger partial charge in [-0.15, -0.1) is 0 Å². The summed E-state index contributed by atoms with van der Waals surface area (Å²) < 4.78 is 12.5. The maximum atomic E-state index is 11.6. The van der Waals surface area contributed by atoms with Crippen LogP contribution < -0.4 is 0 Å². The molecule has 1 saturated heterocycles. The van der Waals surface area contributed by atoms with Gasteiger partial charge in [-0.25, -0.2) is 0 Å². The van der Waals surface area contributed by atoms with Crippen LogP contribution in [0.1, 0.15) is 99.8 Å². The topological polar surface area (TPSA) is 38.8 Å². The third-order valence-electron chi connectivity index (χ3n) is 11.8. The van der Waals surface area contributed by atoms with Gasteiger partial charge in [0.25, 0.3) is 0 Å². The van der Waals surface area contributed by atoms with Gasteiger partial charge < -0.3 is 9.47 Å². The predicted octanol–water partition coefficient (Wildman–Crippen LogP) is 7.19. The molecule has 0 aromatic carbocycles. The first kappa shape index (κ1) is 23.9. The van der Waals surface area contributed by atoms with E-state index >= 15 is 0 Å². The van der Waals surface area contributed by atoms with Crippen LogP contribution in [-0.2, 0) is 14.3 Å². The van der Waals surface area contributed by atoms with Crippen LogP contribution >= 0.6 is 0 Å². The molecule has 1 spiro atoms. The van der Waals surface area contributed by atoms with Crippen molar-refractivity contribution in [2.45, 2.75) is 118 Å². The highest BCUT2D eigenvalue weighted by Gasteiger charge is 2.78. The third kappa shape index (κ3) is 3.57. The summed E-state index contributed by atoms with van der Waals surface area (Å²) in [5.74, 6) is 4.73. The minimum absolute atomic E-state index is 0.118. The van der Waals surface area contributed by atoms with Crippen LogP contribution in [0.5, 0.6) is 0 Å². The molecule has 5 aliphatic rings. The molecule has 4 aliphatic carbocycles. The molecule has 0 radical (unpaired) electrons. The Balaban J connectivity index is 1.34. The van der Waals surface area contributed by atoms with E-state index in [1.54, 1.807) is 6.92 Å². The number of hydrogen-bond acceptors (Lipinski definition) is 3. The lowest BCUT2D eigenvalue weighted by Crippen LogP contribution is -2.59. The molecule has 3 heteroatoms. The van der Waals surface area contributed by atoms with E-state index in [1.807, 2.05) is 0 Å². The zero-order chi connectivity index (χ0) is 23.8. The first-order chi connectivity index (χ1) is 15.5. The fourth-order valence-corrected chi connectivity index (χ4v) is 9.57. The van der Waals surface area contributed by atoms with Gasteiger partial charge in [0.05, 0.1) is 6.10 Å². The smallest absolute Gasteiger partial charge is 0.302 e. The van der Waals surface area contributed by atoms with Crippen LogP contribution in [0, 0.1) is 52.3 Å². The maximum Gasteiger partial charge on any atom is 0.302 e. The van der Waals surface area contributed by atoms with E-state index in [9.17, 15) is 4.79 Å². The summed E-state index contributed by atoms with van der Waals surface area (Å²) in [6.45, 7) is 16.2. The van der Waals surface area contributed by atoms with E-state index in [1.165, 1.54) is 38.5 Å². The Hall–Kier alpha value is -0.830. The fourth-order valence-electron chi connectivity index (χ4n) is 9.57. The van der Waals surface area contributed by atoms with E-state index in [0.29, 0.717) is 46.5 Å². The van der Waals surface area contributed by atoms with Crippen molar-refractivity contribution in [1.29, 1.82) is 0 Å². The molecule has 0 bridgehead atoms. The van der Waals surface area contributed by atoms with Crippen molar-refractivity contribution in [3.63, 3.8) is 0 Å². The summed E-state index contributed by atoms with van der Waals surface area (Å²) in [4.78, 5) is 11.6. The summed E-state index contributed by atoms with van der Waals surface area (Å²) in [6.07, 6.45) is 15.5. The second kappa shape index (κ2) is 8.10. The molecule has 0 unspecified atom stereocenters. The normalized spacial score (nSPS) is 50.2. The highest BCUT2D eigenvalue weighted by atomic mass is 16.6. The Labute approximate surface area is 202 Å². The minimum atomic E-state index is -0.118. The predicted molar refractivity (Wildman–Crippen MR) is 133 cm³/mol. The van der Waals surface area contributed by atoms with Crippen molar-refractivity contribution in [2.24, 2.45) is 52.3 Å². The number of hydrogen-bond donors (Lipinski definition) is 0. The Morgan fingerprint density at radius 2 is 1.64 bits per heavy atom. The van der Waals surface area contributed by atoms with E-state index < -0.39 is 0 Å². The molecule has 0 N–H and O–H groups in total. The first-order valence-corrected chi connectivity index (χ1v) is 14.1. The highest BCUT2D eigenvalue weighted by Crippen LogP contribution is 2.76. The molecule has 33 heavy (non-hydrogen) atoms. The first-order valence-electron chi connectivity index (χ1n) is 14.1. The monoisotopic (exact) mass is 456 g/mol. The van der Waals surface area contributed by atoms with Crippen molar-refractivity contribution in [2.75, 3.05) is 0 Å². The van der Waals surface area contributed by atoms with Crippen molar-refractivity contribution in [3.8, 4) is 0 Å². The SMILES string of the molecule is CC(=O)O[C@@H]1CC[C@@]2(C)[C@H](C1)C[C@H]1O[C@@]13[C@H]2CC[C@]1(C)[C@H]([C@H](C)/C=C/[C@H](C)C(C)C)CC[C@@H]13. The molecule has 186 valence electrons. The van der Waals surface area contributed by atoms with Crippen LogP contribution in [0.25, 0.3) is 0 Å². The zero-order valence-electron chi connectivity index (χ0n) is 22.2. The average molecular weight is 457 g/mol. The number of allylic oxidation sites excluding steroid dienone is 2. The average Bonchev–Trinajstić information content (AvgIpc) is 3.32. The van der Waals surface area contributed by atoms with Gasteiger partial charge in [0.15, 0.2) is 0 Å². The van der Waals surface area contributed by atoms with Crippen molar-refractivity contribution >= 4 is 5.97 Å². The van der Waals surface area contributed by atoms with Crippen molar-refractivity contribution in [3.05, 3.63) is 12.2 Å². The van der Waals surface area contributed by atoms with Gasteiger partial charge in [-0.2, -0.15) is 0 Å². The van der Waals surface area contributed by atoms with Gasteiger partial charge in [-0.3, -0.25) is 4.79 Å². The quantitative estimate of drug-likeness (QED) is 0.249. The third-order valence-corrected chi connectivity index (χ3v) is 11.8. The number of ether oxygens (including phenoxy) is 2. The molecule has 0 aromatic heterocycles. The van der Waals surface area contributed by atoms with E-state index in [2.05, 4.69) is 53.7 Å². The minimum Gasteiger partial charge on any atom is -0.463 e. The highest BCUT2D eigenvalue weighted by molar-refractivity contribution is 5.66. The van der Waals surface area contributed by atoms with E-state index in [-0.39, 0.29) is 17.7 Å². The number of esters is 1. The number of fused-ring (bicyclic) bond motifs is 3. The lowest BCUT2D eigenvalue weighted by molar-refractivity contribution is -0.157. The fraction of sp³-hybridized carbons (Fsp3) is 0.900. The van der Waals surface area contributed by atoms with Crippen LogP contribution in [0.15, 0.2) is 12.2 Å². The molecule has 0 amide bonds. The summed E-state index contributed by atoms with van der Waals surface area (Å²) >= 11 is 0. The van der Waals surface area contributed by atoms with Gasteiger partial charge in [0.2, 0.25) is 0 Å². The molecule has 5 rings (SSSR count). The Bertz CT molecular complexity index is 802. The van der Waals surface area contributed by atoms with E-state index in [4.69, 9.17) is 9.47 Å². The summed E-state index contributed by atoms with van der Waals surface area (Å²) in [6, 6.07) is 0. The van der Waals surface area contributed by atoms with E-state index in [0.717, 1.165) is 24.7 Å². The van der Waals surface area contributed by atoms with Gasteiger partial charge in [0, 0.05) is 6.92 Å². The second-order valence-electron chi connectivity index (χ2n) is 13.6. The number of carbonyl (C=O) groups excluding carboxylic acids is 1. The van der Waals surface area contributed by atoms with Crippen molar-refractivity contribution in [1.82, 2.24) is 0 Å². The van der Waals surface area contributed by atoms with Gasteiger partial charge in [-0.05, 0) is 104 Å². The zero-order valence-corrected chi connectivity index (χ0v) is 22.2. The van der Waals surface area contributed by atoms with Crippen LogP contribution in [0.2, 0.25) is 0 Å². The van der Waals surface area contributed by atoms with Gasteiger partial charge in [-0.1, -0.05) is 53.7 Å². The molecule has 4 saturated carbocycles. The molecular formula is C30H48O3. The summed E-state index contributed by atoms with van der Waals surface area (Å²) in [5, 5.41) is 0. The number of carbonyl (C=O) groups is 1. The molecule has 3 nitrogen and oxygen atoms in total. The van der Waals surface area contributed by atoms with Crippen LogP contribution in [0.3, 0.4) is 0 Å². The lowest BCUT2D eigenvalue weighted by Gasteiger charge is -2.59. The molecule has 0 aromatic rings. The number of epoxide rings is 1. The van der Waals surface area contributed by atoms with Gasteiger partial charge >= 0.3 is 5.97 Å². The van der Waals surface area contributed by atoms with Crippen molar-refractivity contribution < 1.29 is 14.3 Å². The Morgan fingerprint density at radius 1 is 0.939 bits per heavy atom. The largest absolute Gasteiger partial charge is 0.463 e. The summed E-state index contributed by atoms with van der Waals surface area (Å²) in [5.41, 5.74) is 0.908. The molecule has 1 heterocycles. The Morgan fingerprint density at radius 3 is 2.33 bits per heavy atom. The standard InChI is InChI=1S/C30H48O3/c1-18(2)19(3)8-9-20(4)24-10-11-25-29(24,7)15-13-26-28(6)14-12-23(32-21(5)31)16-22(28)17-27-30(25,26)33-27/h8-9,18-20,22-27H,10-17H2,1-7H3/b9-8+/t19-,20+,22+,23+,24-,25-,26-,27+,28-,29+,30-/m0/s1. The maximum absolute atomic E-state index is 11.6. The molecule has 11 atom stereocenters. The molecule has 1 aliphatic heterocycles. The Kier molecular flexibility index (Phi) is 5.87. The van der Waals surface area contributed by atoms with Gasteiger partial charge in [0.1, 0.15) is 11.7 Å². The number of rotatable bonds is 5. The summed E-state index contributed by atoms with van der Waals surface area (Å²) in [7, 11) is 0. The van der Waals surface area contributed by atoms with Crippen LogP contribution in [-0.4, -0.2) is 23.8 Å². The second-order valence-corrected chi connectivity index (χ2v) is 13.6. The molecular weight excluding hydrogens is 408 g/mol. The molecule has 5 fully saturated rings. The van der Waals surface area contributed by atoms with Crippen LogP contribution in [0.4, 0.5) is 0 Å². The lowest BCUT2D eigenvalue weighted by atomic mass is 9.44.